The summed E-state index contributed by atoms with van der Waals surface area (Å²) in [6, 6.07) is 9.23. The Morgan fingerprint density at radius 2 is 1.68 bits per heavy atom. The van der Waals surface area contributed by atoms with Gasteiger partial charge in [-0.15, -0.1) is 0 Å². The molecule has 3 N–H and O–H groups in total. The van der Waals surface area contributed by atoms with E-state index in [9.17, 15) is 19.8 Å². The molecular formula is C19H21B5N2O5. The van der Waals surface area contributed by atoms with E-state index in [-0.39, 0.29) is 11.4 Å². The van der Waals surface area contributed by atoms with Gasteiger partial charge in [-0.1, -0.05) is 17.6 Å². The van der Waals surface area contributed by atoms with Crippen LogP contribution in [0.5, 0.6) is 17.2 Å². The quantitative estimate of drug-likeness (QED) is 0.366. The van der Waals surface area contributed by atoms with Gasteiger partial charge in [0.15, 0.2) is 11.4 Å². The predicted octanol–water partition coefficient (Wildman–Crippen LogP) is -4.45. The number of aryl methyl sites for hydroxylation is 1. The molecule has 152 valence electrons. The summed E-state index contributed by atoms with van der Waals surface area (Å²) >= 11 is 0. The number of ether oxygens (including phenoxy) is 1. The van der Waals surface area contributed by atoms with E-state index in [4.69, 9.17) is 4.74 Å². The molecule has 1 amide bonds. The number of aromatic nitrogens is 1. The first-order valence-corrected chi connectivity index (χ1v) is 9.85. The molecule has 7 nitrogen and oxygen atoms in total. The number of benzene rings is 2. The van der Waals surface area contributed by atoms with Crippen molar-refractivity contribution in [2.75, 3.05) is 0 Å². The van der Waals surface area contributed by atoms with E-state index in [0.717, 1.165) is 22.1 Å². The zero-order valence-electron chi connectivity index (χ0n) is 18.5. The third-order valence-corrected chi connectivity index (χ3v) is 5.14. The fraction of sp³-hybridized carbons (Fsp3) is 0.105. The summed E-state index contributed by atoms with van der Waals surface area (Å²) in [7, 11) is 8.72. The average Bonchev–Trinajstić information content (AvgIpc) is 2.66. The van der Waals surface area contributed by atoms with Crippen LogP contribution in [0.15, 0.2) is 30.3 Å². The summed E-state index contributed by atoms with van der Waals surface area (Å²) in [6.45, 7) is 1.72. The van der Waals surface area contributed by atoms with Gasteiger partial charge in [-0.2, -0.15) is 0 Å². The van der Waals surface area contributed by atoms with Gasteiger partial charge in [-0.25, -0.2) is 4.98 Å². The van der Waals surface area contributed by atoms with Crippen LogP contribution < -0.4 is 26.4 Å². The van der Waals surface area contributed by atoms with Crippen LogP contribution in [0.3, 0.4) is 0 Å². The van der Waals surface area contributed by atoms with E-state index in [0.29, 0.717) is 22.2 Å². The van der Waals surface area contributed by atoms with E-state index in [2.05, 4.69) is 10.3 Å². The number of carboxylic acids is 1. The Bertz CT molecular complexity index is 1210. The standard InChI is InChI=1S/C19H21B5N2O5/c1-7-11-6-9(31-16-12(21)4-8(20)5-13(16)22)2-3-10(11)15(27)14(25-7)17(28)26-19(23,24)18(29)30/h2-6,27H,20-24H2,1H3,(H,26,28)(H,29,30). The normalized spacial score (nSPS) is 11.3. The number of hydrogen-bond acceptors (Lipinski definition) is 5. The molecule has 0 aliphatic carbocycles. The first-order valence-electron chi connectivity index (χ1n) is 9.85. The molecule has 0 saturated carbocycles. The van der Waals surface area contributed by atoms with Gasteiger partial charge in [0.05, 0.1) is 5.34 Å². The van der Waals surface area contributed by atoms with Crippen LogP contribution in [0.2, 0.25) is 0 Å². The molecule has 0 spiro atoms. The minimum atomic E-state index is -1.50. The van der Waals surface area contributed by atoms with Crippen molar-refractivity contribution in [1.29, 1.82) is 0 Å². The highest BCUT2D eigenvalue weighted by atomic mass is 16.5. The van der Waals surface area contributed by atoms with E-state index in [1.165, 1.54) is 15.7 Å². The van der Waals surface area contributed by atoms with E-state index < -0.39 is 17.2 Å². The number of aromatic hydroxyl groups is 1. The van der Waals surface area contributed by atoms with Crippen molar-refractivity contribution in [1.82, 2.24) is 10.3 Å². The zero-order valence-corrected chi connectivity index (χ0v) is 18.5. The van der Waals surface area contributed by atoms with Crippen LogP contribution in [0, 0.1) is 6.92 Å². The van der Waals surface area contributed by atoms with Crippen molar-refractivity contribution < 1.29 is 24.5 Å². The van der Waals surface area contributed by atoms with E-state index in [1.54, 1.807) is 25.1 Å². The SMILES string of the molecule is Bc1cc(B)c(Oc2ccc3c(O)c(C(=O)NC(B)(B)C(=O)O)nc(C)c3c2)c(B)c1. The Morgan fingerprint density at radius 3 is 2.26 bits per heavy atom. The number of nitrogens with one attached hydrogen (secondary N) is 1. The average molecular weight is 411 g/mol. The second kappa shape index (κ2) is 8.09. The molecule has 1 aromatic heterocycles. The van der Waals surface area contributed by atoms with Gasteiger partial charge >= 0.3 is 5.97 Å². The zero-order chi connectivity index (χ0) is 23.1. The smallest absolute Gasteiger partial charge is 0.311 e. The summed E-state index contributed by atoms with van der Waals surface area (Å²) in [5.74, 6) is -0.918. The molecule has 1 heterocycles. The minimum Gasteiger partial charge on any atom is -0.505 e. The van der Waals surface area contributed by atoms with Crippen molar-refractivity contribution in [2.45, 2.75) is 12.3 Å². The van der Waals surface area contributed by atoms with Gasteiger partial charge in [-0.05, 0) is 36.0 Å². The maximum absolute atomic E-state index is 12.6. The molecule has 31 heavy (non-hydrogen) atoms. The number of hydrogen-bond donors (Lipinski definition) is 3. The molecule has 2 aromatic carbocycles. The summed E-state index contributed by atoms with van der Waals surface area (Å²) in [5, 5.41) is 21.8. The third kappa shape index (κ3) is 4.43. The highest BCUT2D eigenvalue weighted by Crippen LogP contribution is 2.33. The Morgan fingerprint density at radius 1 is 1.06 bits per heavy atom. The lowest BCUT2D eigenvalue weighted by molar-refractivity contribution is -0.138. The van der Waals surface area contributed by atoms with Crippen LogP contribution in [-0.2, 0) is 4.79 Å². The van der Waals surface area contributed by atoms with E-state index >= 15 is 0 Å². The fourth-order valence-electron chi connectivity index (χ4n) is 3.50. The summed E-state index contributed by atoms with van der Waals surface area (Å²) in [5.41, 5.74) is 3.47. The van der Waals surface area contributed by atoms with Crippen molar-refractivity contribution >= 4 is 78.3 Å². The molecule has 3 aromatic rings. The second-order valence-electron chi connectivity index (χ2n) is 8.32. The number of amides is 1. The Hall–Kier alpha value is -3.29. The molecule has 0 unspecified atom stereocenters. The number of rotatable bonds is 5. The summed E-state index contributed by atoms with van der Waals surface area (Å²) in [6.07, 6.45) is 0. The van der Waals surface area contributed by atoms with Crippen molar-refractivity contribution in [3.05, 3.63) is 41.7 Å². The lowest BCUT2D eigenvalue weighted by Crippen LogP contribution is -2.55. The molecule has 0 aliphatic heterocycles. The van der Waals surface area contributed by atoms with Gasteiger partial charge in [-0.3, -0.25) is 9.59 Å². The molecule has 0 atom stereocenters. The number of fused-ring (bicyclic) bond motifs is 1. The van der Waals surface area contributed by atoms with Crippen LogP contribution in [-0.4, -0.2) is 71.6 Å². The molecule has 0 fully saturated rings. The Kier molecular flexibility index (Phi) is 5.85. The van der Waals surface area contributed by atoms with Crippen molar-refractivity contribution in [3.8, 4) is 17.2 Å². The predicted molar refractivity (Wildman–Crippen MR) is 134 cm³/mol. The van der Waals surface area contributed by atoms with Gasteiger partial charge in [0.25, 0.3) is 5.91 Å². The van der Waals surface area contributed by atoms with Crippen LogP contribution >= 0.6 is 0 Å². The number of nitrogens with zero attached hydrogens (tertiary/aromatic N) is 1. The molecule has 0 radical (unpaired) electrons. The maximum atomic E-state index is 12.6. The lowest BCUT2D eigenvalue weighted by atomic mass is 9.62. The number of pyridine rings is 1. The highest BCUT2D eigenvalue weighted by molar-refractivity contribution is 6.51. The lowest BCUT2D eigenvalue weighted by Gasteiger charge is -2.21. The number of aliphatic carboxylic acids is 1. The molecule has 0 aliphatic rings. The number of carbonyl (C=O) groups excluding carboxylic acids is 1. The van der Waals surface area contributed by atoms with Gasteiger partial charge in [0.1, 0.15) is 50.7 Å². The summed E-state index contributed by atoms with van der Waals surface area (Å²) < 4.78 is 6.11. The van der Waals surface area contributed by atoms with Crippen LogP contribution in [0.25, 0.3) is 10.8 Å². The van der Waals surface area contributed by atoms with Gasteiger partial charge in [0.2, 0.25) is 0 Å². The van der Waals surface area contributed by atoms with Crippen molar-refractivity contribution in [3.63, 3.8) is 0 Å². The van der Waals surface area contributed by atoms with Gasteiger partial charge in [0, 0.05) is 16.5 Å². The number of carbonyl (C=O) groups is 2. The van der Waals surface area contributed by atoms with Gasteiger partial charge < -0.3 is 20.3 Å². The van der Waals surface area contributed by atoms with E-state index in [1.807, 2.05) is 35.7 Å². The largest absolute Gasteiger partial charge is 0.505 e. The molecule has 0 saturated heterocycles. The van der Waals surface area contributed by atoms with Crippen molar-refractivity contribution in [2.24, 2.45) is 0 Å². The third-order valence-electron chi connectivity index (χ3n) is 5.14. The summed E-state index contributed by atoms with van der Waals surface area (Å²) in [4.78, 5) is 28.1. The minimum absolute atomic E-state index is 0.224. The topological polar surface area (TPSA) is 109 Å². The molecule has 3 rings (SSSR count). The highest BCUT2D eigenvalue weighted by Gasteiger charge is 2.31. The molecular weight excluding hydrogens is 390 g/mol. The van der Waals surface area contributed by atoms with Crippen LogP contribution in [0.1, 0.15) is 16.2 Å². The fourth-order valence-corrected chi connectivity index (χ4v) is 3.50. The Labute approximate surface area is 184 Å². The first-order chi connectivity index (χ1) is 14.4. The Balaban J connectivity index is 2.01. The first kappa shape index (κ1) is 22.4. The molecule has 0 bridgehead atoms. The molecule has 12 heteroatoms. The maximum Gasteiger partial charge on any atom is 0.311 e. The second-order valence-corrected chi connectivity index (χ2v) is 8.32. The van der Waals surface area contributed by atoms with Crippen LogP contribution in [0.4, 0.5) is 0 Å². The number of carboxylic acid groups (broad SMARTS) is 1. The monoisotopic (exact) mass is 412 g/mol.